The predicted octanol–water partition coefficient (Wildman–Crippen LogP) is 6.97. The average Bonchev–Trinajstić information content (AvgIpc) is 2.84. The molecule has 0 unspecified atom stereocenters. The van der Waals surface area contributed by atoms with E-state index in [1.807, 2.05) is 54.6 Å². The van der Waals surface area contributed by atoms with Crippen LogP contribution in [0.5, 0.6) is 0 Å². The summed E-state index contributed by atoms with van der Waals surface area (Å²) >= 11 is 0. The Labute approximate surface area is 176 Å². The lowest BCUT2D eigenvalue weighted by Gasteiger charge is -2.14. The number of nitrogens with zero attached hydrogens (tertiary/aromatic N) is 1. The third kappa shape index (κ3) is 3.48. The first-order valence-corrected chi connectivity index (χ1v) is 10.0. The van der Waals surface area contributed by atoms with Crippen LogP contribution in [-0.2, 0) is 0 Å². The molecule has 30 heavy (non-hydrogen) atoms. The molecule has 1 heteroatoms. The summed E-state index contributed by atoms with van der Waals surface area (Å²) in [4.78, 5) is 5.09. The molecule has 0 fully saturated rings. The van der Waals surface area contributed by atoms with Gasteiger partial charge in [0.05, 0.1) is 5.69 Å². The highest BCUT2D eigenvalue weighted by Crippen LogP contribution is 2.36. The first-order chi connectivity index (χ1) is 14.9. The van der Waals surface area contributed by atoms with Crippen LogP contribution in [-0.4, -0.2) is 4.98 Å². The van der Waals surface area contributed by atoms with E-state index in [4.69, 9.17) is 4.98 Å². The van der Waals surface area contributed by atoms with Crippen molar-refractivity contribution in [2.75, 3.05) is 0 Å². The Morgan fingerprint density at radius 1 is 0.467 bits per heavy atom. The van der Waals surface area contributed by atoms with Crippen molar-refractivity contribution in [3.8, 4) is 34.2 Å². The van der Waals surface area contributed by atoms with Crippen molar-refractivity contribution in [1.82, 2.24) is 4.98 Å². The van der Waals surface area contributed by atoms with Gasteiger partial charge in [0.25, 0.3) is 0 Å². The third-order valence-electron chi connectivity index (χ3n) is 5.12. The van der Waals surface area contributed by atoms with Crippen LogP contribution >= 0.6 is 0 Å². The molecule has 0 N–H and O–H groups in total. The molecule has 0 aliphatic heterocycles. The smallest absolute Gasteiger partial charge is 0.122 e. The van der Waals surface area contributed by atoms with Gasteiger partial charge in [-0.15, -0.1) is 0 Å². The highest BCUT2D eigenvalue weighted by atomic mass is 14.7. The quantitative estimate of drug-likeness (QED) is 0.301. The molecule has 0 radical (unpaired) electrons. The number of pyridine rings is 1. The molecule has 0 amide bonds. The van der Waals surface area contributed by atoms with Gasteiger partial charge in [-0.1, -0.05) is 109 Å². The number of benzene rings is 4. The standard InChI is InChI=1S/C29H19N/c1-4-12-22(13-5-1)20-21-27-28(23-14-6-2-7-15-23)25-18-10-11-19-26(25)29(30-27)24-16-8-3-9-17-24/h1-19H. The number of fused-ring (bicyclic) bond motifs is 1. The van der Waals surface area contributed by atoms with Crippen molar-refractivity contribution in [1.29, 1.82) is 0 Å². The van der Waals surface area contributed by atoms with Gasteiger partial charge in [0.1, 0.15) is 5.69 Å². The second-order valence-corrected chi connectivity index (χ2v) is 7.08. The van der Waals surface area contributed by atoms with Crippen LogP contribution in [0.15, 0.2) is 115 Å². The van der Waals surface area contributed by atoms with Gasteiger partial charge in [-0.2, -0.15) is 0 Å². The summed E-state index contributed by atoms with van der Waals surface area (Å²) in [6, 6.07) is 39.2. The van der Waals surface area contributed by atoms with Crippen molar-refractivity contribution in [3.05, 3.63) is 127 Å². The molecular weight excluding hydrogens is 362 g/mol. The number of hydrogen-bond donors (Lipinski definition) is 0. The maximum Gasteiger partial charge on any atom is 0.122 e. The summed E-state index contributed by atoms with van der Waals surface area (Å²) in [6.45, 7) is 0. The Morgan fingerprint density at radius 2 is 1.00 bits per heavy atom. The maximum atomic E-state index is 5.09. The van der Waals surface area contributed by atoms with Gasteiger partial charge in [-0.3, -0.25) is 0 Å². The molecule has 5 aromatic rings. The number of aromatic nitrogens is 1. The maximum absolute atomic E-state index is 5.09. The van der Waals surface area contributed by atoms with Gasteiger partial charge in [0.2, 0.25) is 0 Å². The Kier molecular flexibility index (Phi) is 4.82. The Balaban J connectivity index is 1.83. The molecule has 1 nitrogen and oxygen atoms in total. The average molecular weight is 381 g/mol. The molecule has 0 spiro atoms. The fourth-order valence-electron chi connectivity index (χ4n) is 3.72. The topological polar surface area (TPSA) is 12.9 Å². The normalized spacial score (nSPS) is 10.4. The lowest BCUT2D eigenvalue weighted by Crippen LogP contribution is -1.96. The lowest BCUT2D eigenvalue weighted by atomic mass is 9.94. The van der Waals surface area contributed by atoms with Crippen LogP contribution in [0, 0.1) is 11.8 Å². The van der Waals surface area contributed by atoms with Gasteiger partial charge in [0.15, 0.2) is 0 Å². The molecular formula is C29H19N. The molecule has 0 saturated heterocycles. The van der Waals surface area contributed by atoms with Crippen LogP contribution < -0.4 is 0 Å². The molecule has 0 aliphatic carbocycles. The minimum atomic E-state index is 0.794. The van der Waals surface area contributed by atoms with Gasteiger partial charge in [-0.05, 0) is 29.0 Å². The van der Waals surface area contributed by atoms with Crippen molar-refractivity contribution in [3.63, 3.8) is 0 Å². The summed E-state index contributed by atoms with van der Waals surface area (Å²) < 4.78 is 0. The van der Waals surface area contributed by atoms with E-state index in [0.29, 0.717) is 0 Å². The van der Waals surface area contributed by atoms with Gasteiger partial charge < -0.3 is 0 Å². The zero-order chi connectivity index (χ0) is 20.2. The Bertz CT molecular complexity index is 1360. The zero-order valence-electron chi connectivity index (χ0n) is 16.4. The fraction of sp³-hybridized carbons (Fsp3) is 0. The van der Waals surface area contributed by atoms with Crippen LogP contribution in [0.3, 0.4) is 0 Å². The van der Waals surface area contributed by atoms with Gasteiger partial charge in [0, 0.05) is 22.1 Å². The van der Waals surface area contributed by atoms with Crippen molar-refractivity contribution < 1.29 is 0 Å². The molecule has 0 atom stereocenters. The number of rotatable bonds is 2. The second-order valence-electron chi connectivity index (χ2n) is 7.08. The molecule has 4 aromatic carbocycles. The van der Waals surface area contributed by atoms with Crippen molar-refractivity contribution >= 4 is 10.8 Å². The number of hydrogen-bond acceptors (Lipinski definition) is 1. The lowest BCUT2D eigenvalue weighted by molar-refractivity contribution is 1.31. The first-order valence-electron chi connectivity index (χ1n) is 10.0. The van der Waals surface area contributed by atoms with E-state index >= 15 is 0 Å². The van der Waals surface area contributed by atoms with Crippen molar-refractivity contribution in [2.24, 2.45) is 0 Å². The highest BCUT2D eigenvalue weighted by molar-refractivity contribution is 6.05. The third-order valence-corrected chi connectivity index (χ3v) is 5.12. The minimum Gasteiger partial charge on any atom is -0.238 e. The van der Waals surface area contributed by atoms with Gasteiger partial charge in [-0.25, -0.2) is 4.98 Å². The molecule has 1 aromatic heterocycles. The van der Waals surface area contributed by atoms with E-state index < -0.39 is 0 Å². The van der Waals surface area contributed by atoms with Crippen LogP contribution in [0.2, 0.25) is 0 Å². The zero-order valence-corrected chi connectivity index (χ0v) is 16.4. The van der Waals surface area contributed by atoms with E-state index in [-0.39, 0.29) is 0 Å². The summed E-state index contributed by atoms with van der Waals surface area (Å²) in [5.74, 6) is 6.67. The fourth-order valence-corrected chi connectivity index (χ4v) is 3.72. The molecule has 5 rings (SSSR count). The predicted molar refractivity (Wildman–Crippen MR) is 125 cm³/mol. The van der Waals surface area contributed by atoms with E-state index in [0.717, 1.165) is 44.4 Å². The summed E-state index contributed by atoms with van der Waals surface area (Å²) in [5.41, 5.74) is 6.03. The summed E-state index contributed by atoms with van der Waals surface area (Å²) in [6.07, 6.45) is 0. The van der Waals surface area contributed by atoms with Gasteiger partial charge >= 0.3 is 0 Å². The molecule has 1 heterocycles. The van der Waals surface area contributed by atoms with Crippen molar-refractivity contribution in [2.45, 2.75) is 0 Å². The SMILES string of the molecule is C(#Cc1nc(-c2ccccc2)c2ccccc2c1-c1ccccc1)c1ccccc1. The summed E-state index contributed by atoms with van der Waals surface area (Å²) in [7, 11) is 0. The molecule has 0 saturated carbocycles. The monoisotopic (exact) mass is 381 g/mol. The van der Waals surface area contributed by atoms with Crippen LogP contribution in [0.25, 0.3) is 33.2 Å². The largest absolute Gasteiger partial charge is 0.238 e. The van der Waals surface area contributed by atoms with E-state index in [2.05, 4.69) is 72.5 Å². The second kappa shape index (κ2) is 8.07. The first kappa shape index (κ1) is 17.9. The molecule has 0 bridgehead atoms. The Morgan fingerprint density at radius 3 is 1.67 bits per heavy atom. The highest BCUT2D eigenvalue weighted by Gasteiger charge is 2.15. The molecule has 140 valence electrons. The minimum absolute atomic E-state index is 0.794. The molecule has 0 aliphatic rings. The van der Waals surface area contributed by atoms with E-state index in [1.165, 1.54) is 0 Å². The summed E-state index contributed by atoms with van der Waals surface area (Å²) in [5, 5.41) is 2.29. The van der Waals surface area contributed by atoms with E-state index in [1.54, 1.807) is 0 Å². The Hall–Kier alpha value is -4.15. The van der Waals surface area contributed by atoms with Crippen LogP contribution in [0.1, 0.15) is 11.3 Å². The van der Waals surface area contributed by atoms with E-state index in [9.17, 15) is 0 Å². The van der Waals surface area contributed by atoms with Crippen LogP contribution in [0.4, 0.5) is 0 Å².